The number of hydrogen-bond donors (Lipinski definition) is 2. The third-order valence-electron chi connectivity index (χ3n) is 4.93. The van der Waals surface area contributed by atoms with Gasteiger partial charge < -0.3 is 10.2 Å². The van der Waals surface area contributed by atoms with Gasteiger partial charge >= 0.3 is 12.2 Å². The number of urea groups is 1. The first kappa shape index (κ1) is 19.5. The second-order valence-electron chi connectivity index (χ2n) is 6.98. The molecule has 9 heteroatoms. The van der Waals surface area contributed by atoms with E-state index in [-0.39, 0.29) is 11.9 Å². The van der Waals surface area contributed by atoms with Crippen LogP contribution in [0.3, 0.4) is 0 Å². The van der Waals surface area contributed by atoms with E-state index in [1.54, 1.807) is 13.0 Å². The van der Waals surface area contributed by atoms with Gasteiger partial charge in [0.1, 0.15) is 0 Å². The number of halogens is 3. The minimum absolute atomic E-state index is 0.170. The number of nitrogens with one attached hydrogen (secondary N) is 2. The second-order valence-corrected chi connectivity index (χ2v) is 6.98. The number of nitrogens with zero attached hydrogens (tertiary/aromatic N) is 2. The fourth-order valence-corrected chi connectivity index (χ4v) is 3.08. The average molecular weight is 384 g/mol. The Labute approximate surface area is 155 Å². The van der Waals surface area contributed by atoms with E-state index in [0.29, 0.717) is 31.9 Å². The summed E-state index contributed by atoms with van der Waals surface area (Å²) in [6, 6.07) is 4.47. The Bertz CT molecular complexity index is 698. The molecule has 1 heterocycles. The lowest BCUT2D eigenvalue weighted by molar-refractivity contribution is -0.137. The number of hydrogen-bond acceptors (Lipinski definition) is 4. The van der Waals surface area contributed by atoms with Crippen molar-refractivity contribution >= 4 is 17.6 Å². The predicted octanol–water partition coefficient (Wildman–Crippen LogP) is 2.20. The highest BCUT2D eigenvalue weighted by molar-refractivity contribution is 5.97. The molecule has 3 rings (SSSR count). The van der Waals surface area contributed by atoms with Crippen molar-refractivity contribution < 1.29 is 22.8 Å². The van der Waals surface area contributed by atoms with Gasteiger partial charge in [0.05, 0.1) is 11.6 Å². The SMILES string of the molecule is CC(C(=O)NC(=O)NC1CC1)N1CCN(c2cccc(C(F)(F)F)c2)CC1. The van der Waals surface area contributed by atoms with Crippen molar-refractivity contribution in [1.82, 2.24) is 15.5 Å². The number of piperazine rings is 1. The van der Waals surface area contributed by atoms with Crippen LogP contribution in [0.2, 0.25) is 0 Å². The van der Waals surface area contributed by atoms with E-state index in [1.807, 2.05) is 9.80 Å². The van der Waals surface area contributed by atoms with Gasteiger partial charge in [-0.05, 0) is 38.0 Å². The average Bonchev–Trinajstić information content (AvgIpc) is 3.44. The first-order valence-electron chi connectivity index (χ1n) is 9.01. The van der Waals surface area contributed by atoms with Crippen LogP contribution in [0.1, 0.15) is 25.3 Å². The Morgan fingerprint density at radius 1 is 1.15 bits per heavy atom. The maximum atomic E-state index is 12.9. The van der Waals surface area contributed by atoms with Crippen LogP contribution in [0.5, 0.6) is 0 Å². The molecular weight excluding hydrogens is 361 g/mol. The van der Waals surface area contributed by atoms with Crippen LogP contribution in [0.15, 0.2) is 24.3 Å². The topological polar surface area (TPSA) is 64.7 Å². The molecule has 1 aromatic rings. The highest BCUT2D eigenvalue weighted by Crippen LogP contribution is 2.31. The molecule has 0 aromatic heterocycles. The van der Waals surface area contributed by atoms with Gasteiger partial charge in [0, 0.05) is 37.9 Å². The largest absolute Gasteiger partial charge is 0.416 e. The number of imide groups is 1. The van der Waals surface area contributed by atoms with E-state index in [4.69, 9.17) is 0 Å². The summed E-state index contributed by atoms with van der Waals surface area (Å²) >= 11 is 0. The van der Waals surface area contributed by atoms with E-state index in [2.05, 4.69) is 10.6 Å². The van der Waals surface area contributed by atoms with Crippen molar-refractivity contribution in [2.75, 3.05) is 31.1 Å². The number of amides is 3. The molecule has 2 aliphatic rings. The zero-order valence-electron chi connectivity index (χ0n) is 15.1. The number of anilines is 1. The monoisotopic (exact) mass is 384 g/mol. The van der Waals surface area contributed by atoms with E-state index < -0.39 is 23.8 Å². The van der Waals surface area contributed by atoms with E-state index >= 15 is 0 Å². The van der Waals surface area contributed by atoms with Crippen LogP contribution in [-0.2, 0) is 11.0 Å². The number of carbonyl (C=O) groups excluding carboxylic acids is 2. The zero-order valence-corrected chi connectivity index (χ0v) is 15.1. The number of alkyl halides is 3. The lowest BCUT2D eigenvalue weighted by Gasteiger charge is -2.38. The molecule has 0 bridgehead atoms. The molecule has 1 aliphatic heterocycles. The van der Waals surface area contributed by atoms with Crippen LogP contribution in [0, 0.1) is 0 Å². The van der Waals surface area contributed by atoms with E-state index in [1.165, 1.54) is 6.07 Å². The van der Waals surface area contributed by atoms with Gasteiger partial charge in [0.15, 0.2) is 0 Å². The molecule has 0 radical (unpaired) electrons. The molecule has 1 atom stereocenters. The number of rotatable bonds is 4. The van der Waals surface area contributed by atoms with Crippen LogP contribution in [-0.4, -0.2) is 55.1 Å². The molecule has 27 heavy (non-hydrogen) atoms. The van der Waals surface area contributed by atoms with Crippen LogP contribution < -0.4 is 15.5 Å². The minimum atomic E-state index is -4.37. The summed E-state index contributed by atoms with van der Waals surface area (Å²) in [5.74, 6) is -0.374. The third kappa shape index (κ3) is 5.12. The molecule has 2 N–H and O–H groups in total. The summed E-state index contributed by atoms with van der Waals surface area (Å²) in [6.07, 6.45) is -2.49. The third-order valence-corrected chi connectivity index (χ3v) is 4.93. The quantitative estimate of drug-likeness (QED) is 0.836. The van der Waals surface area contributed by atoms with Gasteiger partial charge in [-0.1, -0.05) is 6.07 Å². The maximum Gasteiger partial charge on any atom is 0.416 e. The molecule has 1 saturated carbocycles. The van der Waals surface area contributed by atoms with Crippen molar-refractivity contribution in [2.45, 2.75) is 38.0 Å². The zero-order chi connectivity index (χ0) is 19.6. The van der Waals surface area contributed by atoms with Crippen LogP contribution in [0.25, 0.3) is 0 Å². The summed E-state index contributed by atoms with van der Waals surface area (Å²) < 4.78 is 38.6. The second kappa shape index (κ2) is 7.75. The molecule has 6 nitrogen and oxygen atoms in total. The van der Waals surface area contributed by atoms with Crippen molar-refractivity contribution in [3.63, 3.8) is 0 Å². The van der Waals surface area contributed by atoms with Gasteiger partial charge in [0.25, 0.3) is 0 Å². The summed E-state index contributed by atoms with van der Waals surface area (Å²) in [5, 5.41) is 5.05. The fraction of sp³-hybridized carbons (Fsp3) is 0.556. The molecule has 1 aliphatic carbocycles. The minimum Gasteiger partial charge on any atom is -0.369 e. The molecule has 1 unspecified atom stereocenters. The Morgan fingerprint density at radius 3 is 2.41 bits per heavy atom. The molecule has 3 amide bonds. The van der Waals surface area contributed by atoms with Gasteiger partial charge in [-0.15, -0.1) is 0 Å². The summed E-state index contributed by atoms with van der Waals surface area (Å²) in [7, 11) is 0. The number of benzene rings is 1. The Hall–Kier alpha value is -2.29. The van der Waals surface area contributed by atoms with Crippen molar-refractivity contribution in [3.05, 3.63) is 29.8 Å². The maximum absolute atomic E-state index is 12.9. The van der Waals surface area contributed by atoms with Crippen molar-refractivity contribution in [3.8, 4) is 0 Å². The van der Waals surface area contributed by atoms with Gasteiger partial charge in [0.2, 0.25) is 5.91 Å². The molecule has 1 saturated heterocycles. The molecule has 2 fully saturated rings. The number of carbonyl (C=O) groups is 2. The van der Waals surface area contributed by atoms with Gasteiger partial charge in [-0.2, -0.15) is 13.2 Å². The summed E-state index contributed by atoms with van der Waals surface area (Å²) in [4.78, 5) is 27.7. The molecule has 0 spiro atoms. The lowest BCUT2D eigenvalue weighted by atomic mass is 10.1. The van der Waals surface area contributed by atoms with E-state index in [0.717, 1.165) is 25.0 Å². The Kier molecular flexibility index (Phi) is 5.59. The van der Waals surface area contributed by atoms with Crippen molar-refractivity contribution in [2.24, 2.45) is 0 Å². The molecule has 1 aromatic carbocycles. The van der Waals surface area contributed by atoms with Crippen LogP contribution >= 0.6 is 0 Å². The van der Waals surface area contributed by atoms with Crippen LogP contribution in [0.4, 0.5) is 23.7 Å². The normalized spacial score (nSPS) is 19.5. The van der Waals surface area contributed by atoms with Gasteiger partial charge in [-0.25, -0.2) is 4.79 Å². The standard InChI is InChI=1S/C18H23F3N4O2/c1-12(16(26)23-17(27)22-14-5-6-14)24-7-9-25(10-8-24)15-4-2-3-13(11-15)18(19,20)21/h2-4,11-12,14H,5-10H2,1H3,(H2,22,23,26,27). The predicted molar refractivity (Wildman–Crippen MR) is 94.4 cm³/mol. The van der Waals surface area contributed by atoms with Gasteiger partial charge in [-0.3, -0.25) is 15.0 Å². The summed E-state index contributed by atoms with van der Waals surface area (Å²) in [5.41, 5.74) is -0.151. The molecule has 148 valence electrons. The highest BCUT2D eigenvalue weighted by Gasteiger charge is 2.32. The lowest BCUT2D eigenvalue weighted by Crippen LogP contribution is -2.55. The molecular formula is C18H23F3N4O2. The Balaban J connectivity index is 1.52. The smallest absolute Gasteiger partial charge is 0.369 e. The summed E-state index contributed by atoms with van der Waals surface area (Å²) in [6.45, 7) is 3.78. The van der Waals surface area contributed by atoms with E-state index in [9.17, 15) is 22.8 Å². The highest BCUT2D eigenvalue weighted by atomic mass is 19.4. The Morgan fingerprint density at radius 2 is 1.81 bits per heavy atom. The first-order valence-corrected chi connectivity index (χ1v) is 9.01. The van der Waals surface area contributed by atoms with Crippen molar-refractivity contribution in [1.29, 1.82) is 0 Å². The first-order chi connectivity index (χ1) is 12.7. The fourth-order valence-electron chi connectivity index (χ4n) is 3.08.